The number of nitrogens with two attached hydrogens (primary N) is 1. The number of rotatable bonds is 9. The minimum absolute atomic E-state index is 0.352. The lowest BCUT2D eigenvalue weighted by Gasteiger charge is -2.15. The summed E-state index contributed by atoms with van der Waals surface area (Å²) < 4.78 is 11.4. The van der Waals surface area contributed by atoms with E-state index >= 15 is 0 Å². The summed E-state index contributed by atoms with van der Waals surface area (Å²) in [6.45, 7) is 8.90. The molecule has 0 radical (unpaired) electrons. The molecule has 1 heterocycles. The van der Waals surface area contributed by atoms with Crippen molar-refractivity contribution in [1.29, 1.82) is 0 Å². The fraction of sp³-hybridized carbons (Fsp3) is 0.421. The molecular weight excluding hydrogens is 400 g/mol. The molecule has 0 saturated heterocycles. The van der Waals surface area contributed by atoms with E-state index in [0.29, 0.717) is 63.3 Å². The number of hydrogen-bond acceptors (Lipinski definition) is 7. The van der Waals surface area contributed by atoms with Gasteiger partial charge in [-0.05, 0) is 37.0 Å². The highest BCUT2D eigenvalue weighted by Gasteiger charge is 2.16. The van der Waals surface area contributed by atoms with Crippen molar-refractivity contribution in [2.24, 2.45) is 11.0 Å². The number of aromatic nitrogens is 1. The highest BCUT2D eigenvalue weighted by atomic mass is 35.5. The minimum atomic E-state index is -0.352. The number of benzene rings is 1. The summed E-state index contributed by atoms with van der Waals surface area (Å²) >= 11 is 7.50. The highest BCUT2D eigenvalue weighted by Crippen LogP contribution is 2.36. The first kappa shape index (κ1) is 22.0. The molecule has 0 saturated carbocycles. The summed E-state index contributed by atoms with van der Waals surface area (Å²) in [5, 5.41) is 4.78. The quantitative estimate of drug-likeness (QED) is 0.465. The molecule has 2 aromatic rings. The van der Waals surface area contributed by atoms with Crippen LogP contribution in [-0.4, -0.2) is 30.3 Å². The first-order valence-corrected chi connectivity index (χ1v) is 10.2. The van der Waals surface area contributed by atoms with Crippen LogP contribution >= 0.6 is 22.9 Å². The van der Waals surface area contributed by atoms with E-state index in [4.69, 9.17) is 26.8 Å². The predicted octanol–water partition coefficient (Wildman–Crippen LogP) is 4.14. The van der Waals surface area contributed by atoms with Gasteiger partial charge in [-0.25, -0.2) is 10.4 Å². The number of thiazole rings is 1. The molecule has 0 aliphatic heterocycles. The highest BCUT2D eigenvalue weighted by molar-refractivity contribution is 7.17. The number of carbonyl (C=O) groups is 1. The summed E-state index contributed by atoms with van der Waals surface area (Å²) in [7, 11) is 0. The number of amides is 1. The number of anilines is 1. The molecule has 3 N–H and O–H groups in total. The van der Waals surface area contributed by atoms with Gasteiger partial charge in [0.25, 0.3) is 5.91 Å². The van der Waals surface area contributed by atoms with Crippen LogP contribution in [0.1, 0.15) is 48.6 Å². The van der Waals surface area contributed by atoms with E-state index < -0.39 is 0 Å². The van der Waals surface area contributed by atoms with Gasteiger partial charge in [0.05, 0.1) is 30.1 Å². The minimum Gasteiger partial charge on any atom is -0.490 e. The van der Waals surface area contributed by atoms with Crippen LogP contribution in [0.4, 0.5) is 5.13 Å². The maximum Gasteiger partial charge on any atom is 0.283 e. The number of nitrogen functional groups attached to an aromatic ring is 1. The summed E-state index contributed by atoms with van der Waals surface area (Å²) in [6.07, 6.45) is 2.11. The van der Waals surface area contributed by atoms with E-state index in [2.05, 4.69) is 29.4 Å². The molecule has 1 aromatic heterocycles. The fourth-order valence-corrected chi connectivity index (χ4v) is 3.40. The zero-order valence-corrected chi connectivity index (χ0v) is 18.0. The molecule has 2 rings (SSSR count). The molecule has 152 valence electrons. The molecule has 0 atom stereocenters. The molecule has 0 aliphatic rings. The van der Waals surface area contributed by atoms with E-state index in [1.54, 1.807) is 12.1 Å². The Bertz CT molecular complexity index is 852. The van der Waals surface area contributed by atoms with E-state index in [9.17, 15) is 4.79 Å². The van der Waals surface area contributed by atoms with Crippen molar-refractivity contribution < 1.29 is 14.3 Å². The molecule has 1 amide bonds. The molecule has 1 aromatic carbocycles. The second-order valence-corrected chi connectivity index (χ2v) is 7.79. The third-order valence-electron chi connectivity index (χ3n) is 3.53. The summed E-state index contributed by atoms with van der Waals surface area (Å²) in [5.74, 6) is 1.05. The number of hydrogen-bond donors (Lipinski definition) is 2. The van der Waals surface area contributed by atoms with Crippen LogP contribution in [0.25, 0.3) is 0 Å². The van der Waals surface area contributed by atoms with Gasteiger partial charge in [-0.2, -0.15) is 5.10 Å². The van der Waals surface area contributed by atoms with Gasteiger partial charge in [0.15, 0.2) is 16.6 Å². The summed E-state index contributed by atoms with van der Waals surface area (Å²) in [6, 6.07) is 3.47. The van der Waals surface area contributed by atoms with Gasteiger partial charge in [0, 0.05) is 0 Å². The van der Waals surface area contributed by atoms with Gasteiger partial charge in [-0.15, -0.1) is 0 Å². The van der Waals surface area contributed by atoms with Crippen LogP contribution in [0.2, 0.25) is 5.02 Å². The lowest BCUT2D eigenvalue weighted by atomic mass is 10.2. The van der Waals surface area contributed by atoms with Gasteiger partial charge >= 0.3 is 0 Å². The largest absolute Gasteiger partial charge is 0.490 e. The SMILES string of the molecule is CCOc1cc(/C=N\NC(=O)c2sc(N)nc2CC)cc(Cl)c1OCC(C)C. The van der Waals surface area contributed by atoms with Crippen molar-refractivity contribution in [2.45, 2.75) is 34.1 Å². The molecule has 0 spiro atoms. The van der Waals surface area contributed by atoms with Crippen molar-refractivity contribution in [2.75, 3.05) is 18.9 Å². The van der Waals surface area contributed by atoms with E-state index in [1.807, 2.05) is 13.8 Å². The smallest absolute Gasteiger partial charge is 0.283 e. The molecule has 9 heteroatoms. The maximum atomic E-state index is 12.3. The second kappa shape index (κ2) is 10.3. The molecule has 0 aliphatic carbocycles. The normalized spacial score (nSPS) is 11.2. The average molecular weight is 425 g/mol. The predicted molar refractivity (Wildman–Crippen MR) is 114 cm³/mol. The number of halogens is 1. The standard InChI is InChI=1S/C19H25ClN4O3S/c1-5-14-17(28-19(21)23-14)18(25)24-22-9-12-7-13(20)16(27-10-11(3)4)15(8-12)26-6-2/h7-9,11H,5-6,10H2,1-4H3,(H2,21,23)(H,24,25)/b22-9-. The number of nitrogens with zero attached hydrogens (tertiary/aromatic N) is 2. The monoisotopic (exact) mass is 424 g/mol. The zero-order valence-electron chi connectivity index (χ0n) is 16.4. The van der Waals surface area contributed by atoms with Crippen LogP contribution in [0.5, 0.6) is 11.5 Å². The number of nitrogens with one attached hydrogen (secondary N) is 1. The summed E-state index contributed by atoms with van der Waals surface area (Å²) in [4.78, 5) is 16.9. The number of carbonyl (C=O) groups excluding carboxylic acids is 1. The van der Waals surface area contributed by atoms with Crippen LogP contribution < -0.4 is 20.6 Å². The van der Waals surface area contributed by atoms with Crippen LogP contribution in [0.15, 0.2) is 17.2 Å². The van der Waals surface area contributed by atoms with Crippen molar-refractivity contribution >= 4 is 40.2 Å². The lowest BCUT2D eigenvalue weighted by Crippen LogP contribution is -2.17. The Labute approximate surface area is 173 Å². The van der Waals surface area contributed by atoms with Crippen molar-refractivity contribution in [3.05, 3.63) is 33.3 Å². The Balaban J connectivity index is 2.15. The third-order valence-corrected chi connectivity index (χ3v) is 4.73. The topological polar surface area (TPSA) is 98.8 Å². The first-order chi connectivity index (χ1) is 13.3. The Morgan fingerprint density at radius 1 is 1.39 bits per heavy atom. The zero-order chi connectivity index (χ0) is 20.7. The van der Waals surface area contributed by atoms with Crippen molar-refractivity contribution in [3.63, 3.8) is 0 Å². The van der Waals surface area contributed by atoms with Gasteiger partial charge in [0.2, 0.25) is 0 Å². The first-order valence-electron chi connectivity index (χ1n) is 9.03. The Hall–Kier alpha value is -2.32. The van der Waals surface area contributed by atoms with Gasteiger partial charge in [0.1, 0.15) is 4.88 Å². The lowest BCUT2D eigenvalue weighted by molar-refractivity contribution is 0.0958. The number of aryl methyl sites for hydroxylation is 1. The van der Waals surface area contributed by atoms with Crippen LogP contribution in [-0.2, 0) is 6.42 Å². The Kier molecular flexibility index (Phi) is 8.07. The van der Waals surface area contributed by atoms with Crippen molar-refractivity contribution in [1.82, 2.24) is 10.4 Å². The average Bonchev–Trinajstić information content (AvgIpc) is 3.02. The molecule has 0 unspecified atom stereocenters. The number of ether oxygens (including phenoxy) is 2. The molecule has 28 heavy (non-hydrogen) atoms. The molecule has 0 bridgehead atoms. The van der Waals surface area contributed by atoms with E-state index in [1.165, 1.54) is 6.21 Å². The Morgan fingerprint density at radius 3 is 2.79 bits per heavy atom. The van der Waals surface area contributed by atoms with E-state index in [-0.39, 0.29) is 5.91 Å². The van der Waals surface area contributed by atoms with E-state index in [0.717, 1.165) is 11.3 Å². The maximum absolute atomic E-state index is 12.3. The molecular formula is C19H25ClN4O3S. The summed E-state index contributed by atoms with van der Waals surface area (Å²) in [5.41, 5.74) is 9.50. The van der Waals surface area contributed by atoms with Gasteiger partial charge in [-0.1, -0.05) is 43.7 Å². The fourth-order valence-electron chi connectivity index (χ4n) is 2.32. The Morgan fingerprint density at radius 2 is 2.14 bits per heavy atom. The molecule has 0 fully saturated rings. The van der Waals surface area contributed by atoms with Gasteiger partial charge < -0.3 is 15.2 Å². The van der Waals surface area contributed by atoms with Crippen LogP contribution in [0.3, 0.4) is 0 Å². The molecule has 7 nitrogen and oxygen atoms in total. The second-order valence-electron chi connectivity index (χ2n) is 6.35. The van der Waals surface area contributed by atoms with Gasteiger partial charge in [-0.3, -0.25) is 4.79 Å². The number of hydrazone groups is 1. The third kappa shape index (κ3) is 5.84. The van der Waals surface area contributed by atoms with Crippen LogP contribution in [0, 0.1) is 5.92 Å². The van der Waals surface area contributed by atoms with Crippen molar-refractivity contribution in [3.8, 4) is 11.5 Å².